The van der Waals surface area contributed by atoms with Crippen LogP contribution in [-0.2, 0) is 6.54 Å². The maximum absolute atomic E-state index is 6.04. The normalized spacial score (nSPS) is 21.5. The summed E-state index contributed by atoms with van der Waals surface area (Å²) in [6.07, 6.45) is 2.49. The number of rotatable bonds is 5. The highest BCUT2D eigenvalue weighted by atomic mass is 16.5. The van der Waals surface area contributed by atoms with Crippen molar-refractivity contribution in [2.75, 3.05) is 27.3 Å². The third kappa shape index (κ3) is 3.64. The average Bonchev–Trinajstić information content (AvgIpc) is 2.47. The molecule has 0 amide bonds. The fourth-order valence-electron chi connectivity index (χ4n) is 2.90. The molecule has 2 rings (SSSR count). The molecule has 1 aliphatic heterocycles. The molecule has 2 atom stereocenters. The van der Waals surface area contributed by atoms with Gasteiger partial charge in [-0.25, -0.2) is 0 Å². The van der Waals surface area contributed by atoms with E-state index in [9.17, 15) is 0 Å². The zero-order chi connectivity index (χ0) is 14.5. The Bertz CT molecular complexity index is 434. The van der Waals surface area contributed by atoms with Gasteiger partial charge in [0.2, 0.25) is 0 Å². The van der Waals surface area contributed by atoms with E-state index in [-0.39, 0.29) is 6.04 Å². The SMILES string of the molecule is COc1ccc(CN2CCCC(C(C)N)C2)cc1OC. The maximum atomic E-state index is 6.04. The van der Waals surface area contributed by atoms with Crippen molar-refractivity contribution < 1.29 is 9.47 Å². The zero-order valence-corrected chi connectivity index (χ0v) is 12.8. The highest BCUT2D eigenvalue weighted by molar-refractivity contribution is 5.42. The molecule has 4 nitrogen and oxygen atoms in total. The third-order valence-corrected chi connectivity index (χ3v) is 4.14. The van der Waals surface area contributed by atoms with E-state index in [1.807, 2.05) is 6.07 Å². The van der Waals surface area contributed by atoms with Gasteiger partial charge < -0.3 is 15.2 Å². The quantitative estimate of drug-likeness (QED) is 0.897. The number of nitrogens with zero attached hydrogens (tertiary/aromatic N) is 1. The van der Waals surface area contributed by atoms with E-state index in [1.54, 1.807) is 14.2 Å². The fourth-order valence-corrected chi connectivity index (χ4v) is 2.90. The lowest BCUT2D eigenvalue weighted by atomic mass is 9.92. The van der Waals surface area contributed by atoms with Crippen molar-refractivity contribution in [2.24, 2.45) is 11.7 Å². The largest absolute Gasteiger partial charge is 0.493 e. The van der Waals surface area contributed by atoms with Gasteiger partial charge in [0.05, 0.1) is 14.2 Å². The second kappa shape index (κ2) is 6.95. The number of likely N-dealkylation sites (tertiary alicyclic amines) is 1. The van der Waals surface area contributed by atoms with Gasteiger partial charge in [0.15, 0.2) is 11.5 Å². The van der Waals surface area contributed by atoms with E-state index in [0.29, 0.717) is 5.92 Å². The van der Waals surface area contributed by atoms with Crippen LogP contribution in [-0.4, -0.2) is 38.3 Å². The third-order valence-electron chi connectivity index (χ3n) is 4.14. The summed E-state index contributed by atoms with van der Waals surface area (Å²) in [5, 5.41) is 0. The molecule has 0 saturated carbocycles. The van der Waals surface area contributed by atoms with Gasteiger partial charge in [-0.2, -0.15) is 0 Å². The first-order valence-electron chi connectivity index (χ1n) is 7.33. The van der Waals surface area contributed by atoms with E-state index in [0.717, 1.165) is 31.1 Å². The van der Waals surface area contributed by atoms with Crippen LogP contribution in [0.25, 0.3) is 0 Å². The van der Waals surface area contributed by atoms with E-state index in [1.165, 1.54) is 18.4 Å². The maximum Gasteiger partial charge on any atom is 0.161 e. The smallest absolute Gasteiger partial charge is 0.161 e. The molecule has 0 spiro atoms. The molecule has 4 heteroatoms. The summed E-state index contributed by atoms with van der Waals surface area (Å²) in [6, 6.07) is 6.43. The van der Waals surface area contributed by atoms with E-state index >= 15 is 0 Å². The Morgan fingerprint density at radius 3 is 2.70 bits per heavy atom. The number of ether oxygens (including phenoxy) is 2. The Kier molecular flexibility index (Phi) is 5.26. The molecule has 0 bridgehead atoms. The van der Waals surface area contributed by atoms with Crippen LogP contribution in [0, 0.1) is 5.92 Å². The number of piperidine rings is 1. The van der Waals surface area contributed by atoms with Gasteiger partial charge >= 0.3 is 0 Å². The van der Waals surface area contributed by atoms with Crippen LogP contribution >= 0.6 is 0 Å². The predicted octanol–water partition coefficient (Wildman–Crippen LogP) is 2.26. The highest BCUT2D eigenvalue weighted by Crippen LogP contribution is 2.29. The molecule has 1 aliphatic rings. The van der Waals surface area contributed by atoms with Crippen LogP contribution in [0.15, 0.2) is 18.2 Å². The van der Waals surface area contributed by atoms with Crippen LogP contribution < -0.4 is 15.2 Å². The van der Waals surface area contributed by atoms with E-state index in [2.05, 4.69) is 24.0 Å². The standard InChI is InChI=1S/C16H26N2O2/c1-12(17)14-5-4-8-18(11-14)10-13-6-7-15(19-2)16(9-13)20-3/h6-7,9,12,14H,4-5,8,10-11,17H2,1-3H3. The zero-order valence-electron chi connectivity index (χ0n) is 12.8. The minimum atomic E-state index is 0.281. The number of nitrogens with two attached hydrogens (primary N) is 1. The molecule has 0 aliphatic carbocycles. The van der Waals surface area contributed by atoms with Crippen molar-refractivity contribution in [1.82, 2.24) is 4.90 Å². The molecule has 20 heavy (non-hydrogen) atoms. The molecule has 1 saturated heterocycles. The first-order chi connectivity index (χ1) is 9.63. The number of hydrogen-bond donors (Lipinski definition) is 1. The molecule has 0 aromatic heterocycles. The van der Waals surface area contributed by atoms with Crippen molar-refractivity contribution in [2.45, 2.75) is 32.4 Å². The second-order valence-corrected chi connectivity index (χ2v) is 5.69. The second-order valence-electron chi connectivity index (χ2n) is 5.69. The minimum absolute atomic E-state index is 0.281. The molecular formula is C16H26N2O2. The van der Waals surface area contributed by atoms with Gasteiger partial charge in [-0.1, -0.05) is 6.07 Å². The summed E-state index contributed by atoms with van der Waals surface area (Å²) in [6.45, 7) is 5.30. The molecule has 1 fully saturated rings. The Morgan fingerprint density at radius 2 is 2.05 bits per heavy atom. The van der Waals surface area contributed by atoms with Gasteiger partial charge in [-0.15, -0.1) is 0 Å². The van der Waals surface area contributed by atoms with Crippen LogP contribution in [0.1, 0.15) is 25.3 Å². The van der Waals surface area contributed by atoms with Crippen molar-refractivity contribution in [3.05, 3.63) is 23.8 Å². The number of hydrogen-bond acceptors (Lipinski definition) is 4. The number of methoxy groups -OCH3 is 2. The summed E-state index contributed by atoms with van der Waals surface area (Å²) in [5.41, 5.74) is 7.30. The van der Waals surface area contributed by atoms with Gasteiger partial charge in [0, 0.05) is 19.1 Å². The Balaban J connectivity index is 2.02. The van der Waals surface area contributed by atoms with Gasteiger partial charge in [0.25, 0.3) is 0 Å². The van der Waals surface area contributed by atoms with Gasteiger partial charge in [-0.05, 0) is 49.9 Å². The predicted molar refractivity (Wildman–Crippen MR) is 81.2 cm³/mol. The summed E-state index contributed by atoms with van der Waals surface area (Å²) in [4.78, 5) is 2.48. The average molecular weight is 278 g/mol. The molecule has 2 unspecified atom stereocenters. The molecule has 1 aromatic carbocycles. The lowest BCUT2D eigenvalue weighted by Gasteiger charge is -2.34. The summed E-state index contributed by atoms with van der Waals surface area (Å²) in [7, 11) is 3.34. The summed E-state index contributed by atoms with van der Waals surface area (Å²) >= 11 is 0. The van der Waals surface area contributed by atoms with E-state index < -0.39 is 0 Å². The van der Waals surface area contributed by atoms with E-state index in [4.69, 9.17) is 15.2 Å². The Morgan fingerprint density at radius 1 is 1.30 bits per heavy atom. The van der Waals surface area contributed by atoms with Gasteiger partial charge in [-0.3, -0.25) is 4.90 Å². The molecule has 1 heterocycles. The lowest BCUT2D eigenvalue weighted by Crippen LogP contribution is -2.41. The topological polar surface area (TPSA) is 47.7 Å². The van der Waals surface area contributed by atoms with Crippen molar-refractivity contribution in [3.8, 4) is 11.5 Å². The summed E-state index contributed by atoms with van der Waals surface area (Å²) < 4.78 is 10.6. The fraction of sp³-hybridized carbons (Fsp3) is 0.625. The van der Waals surface area contributed by atoms with Crippen LogP contribution in [0.4, 0.5) is 0 Å². The van der Waals surface area contributed by atoms with Crippen molar-refractivity contribution in [3.63, 3.8) is 0 Å². The monoisotopic (exact) mass is 278 g/mol. The summed E-state index contributed by atoms with van der Waals surface area (Å²) in [5.74, 6) is 2.19. The molecule has 1 aromatic rings. The molecule has 2 N–H and O–H groups in total. The van der Waals surface area contributed by atoms with Crippen molar-refractivity contribution in [1.29, 1.82) is 0 Å². The molecule has 112 valence electrons. The van der Waals surface area contributed by atoms with Crippen LogP contribution in [0.2, 0.25) is 0 Å². The first kappa shape index (κ1) is 15.1. The van der Waals surface area contributed by atoms with Crippen LogP contribution in [0.3, 0.4) is 0 Å². The minimum Gasteiger partial charge on any atom is -0.493 e. The Labute approximate surface area is 121 Å². The number of benzene rings is 1. The van der Waals surface area contributed by atoms with Gasteiger partial charge in [0.1, 0.15) is 0 Å². The molecular weight excluding hydrogens is 252 g/mol. The lowest BCUT2D eigenvalue weighted by molar-refractivity contribution is 0.154. The molecule has 0 radical (unpaired) electrons. The van der Waals surface area contributed by atoms with Crippen molar-refractivity contribution >= 4 is 0 Å². The van der Waals surface area contributed by atoms with Crippen LogP contribution in [0.5, 0.6) is 11.5 Å². The first-order valence-corrected chi connectivity index (χ1v) is 7.33. The highest BCUT2D eigenvalue weighted by Gasteiger charge is 2.22. The Hall–Kier alpha value is -1.26.